The van der Waals surface area contributed by atoms with Crippen LogP contribution in [0.4, 0.5) is 0 Å². The van der Waals surface area contributed by atoms with E-state index in [9.17, 15) is 4.79 Å². The van der Waals surface area contributed by atoms with Crippen LogP contribution in [0.1, 0.15) is 42.7 Å². The van der Waals surface area contributed by atoms with Crippen molar-refractivity contribution >= 4 is 17.5 Å². The summed E-state index contributed by atoms with van der Waals surface area (Å²) in [5, 5.41) is 3.74. The molecule has 1 saturated carbocycles. The lowest BCUT2D eigenvalue weighted by molar-refractivity contribution is -0.121. The minimum Gasteiger partial charge on any atom is -0.352 e. The lowest BCUT2D eigenvalue weighted by atomic mass is 9.94. The van der Waals surface area contributed by atoms with E-state index in [1.165, 1.54) is 11.1 Å². The molecule has 3 rings (SSSR count). The number of pyridine rings is 1. The molecule has 1 fully saturated rings. The van der Waals surface area contributed by atoms with Crippen molar-refractivity contribution in [3.05, 3.63) is 77.1 Å². The van der Waals surface area contributed by atoms with Crippen LogP contribution in [0.25, 0.3) is 0 Å². The van der Waals surface area contributed by atoms with Crippen molar-refractivity contribution < 1.29 is 4.79 Å². The van der Waals surface area contributed by atoms with E-state index in [-0.39, 0.29) is 5.91 Å². The molecule has 4 heteroatoms. The van der Waals surface area contributed by atoms with Gasteiger partial charge < -0.3 is 5.32 Å². The fourth-order valence-corrected chi connectivity index (χ4v) is 3.61. The number of amides is 1. The van der Waals surface area contributed by atoms with E-state index in [2.05, 4.69) is 29.0 Å². The van der Waals surface area contributed by atoms with Crippen molar-refractivity contribution in [2.75, 3.05) is 0 Å². The summed E-state index contributed by atoms with van der Waals surface area (Å²) in [7, 11) is 0. The van der Waals surface area contributed by atoms with Crippen LogP contribution in [-0.2, 0) is 11.3 Å². The van der Waals surface area contributed by atoms with Gasteiger partial charge in [0.25, 0.3) is 0 Å². The Morgan fingerprint density at radius 3 is 2.64 bits per heavy atom. The minimum absolute atomic E-state index is 0.0968. The van der Waals surface area contributed by atoms with Gasteiger partial charge >= 0.3 is 0 Å². The van der Waals surface area contributed by atoms with Crippen LogP contribution in [0.5, 0.6) is 0 Å². The van der Waals surface area contributed by atoms with Crippen LogP contribution in [0, 0.1) is 5.92 Å². The SMILES string of the molecule is C=C1CC(c2ccc(Cl)cc2)CC1CCC(=O)NCc1ccncc1. The van der Waals surface area contributed by atoms with E-state index in [0.717, 1.165) is 29.8 Å². The molecule has 0 saturated heterocycles. The molecular formula is C21H23ClN2O. The number of allylic oxidation sites excluding steroid dienone is 1. The molecule has 1 N–H and O–H groups in total. The van der Waals surface area contributed by atoms with Gasteiger partial charge in [-0.3, -0.25) is 9.78 Å². The predicted molar refractivity (Wildman–Crippen MR) is 101 cm³/mol. The number of nitrogens with one attached hydrogen (secondary N) is 1. The van der Waals surface area contributed by atoms with Gasteiger partial charge in [0.2, 0.25) is 5.91 Å². The van der Waals surface area contributed by atoms with Gasteiger partial charge in [0.15, 0.2) is 0 Å². The minimum atomic E-state index is 0.0968. The van der Waals surface area contributed by atoms with Crippen molar-refractivity contribution in [2.24, 2.45) is 5.92 Å². The molecule has 3 nitrogen and oxygen atoms in total. The van der Waals surface area contributed by atoms with Crippen molar-refractivity contribution in [2.45, 2.75) is 38.1 Å². The number of aromatic nitrogens is 1. The average molecular weight is 355 g/mol. The Hall–Kier alpha value is -2.13. The summed E-state index contributed by atoms with van der Waals surface area (Å²) in [4.78, 5) is 16.1. The second-order valence-corrected chi connectivity index (χ2v) is 7.15. The van der Waals surface area contributed by atoms with Gasteiger partial charge in [-0.25, -0.2) is 0 Å². The molecule has 2 atom stereocenters. The molecule has 1 aromatic heterocycles. The van der Waals surface area contributed by atoms with Crippen LogP contribution >= 0.6 is 11.6 Å². The molecule has 2 unspecified atom stereocenters. The number of rotatable bonds is 6. The van der Waals surface area contributed by atoms with Crippen LogP contribution in [0.2, 0.25) is 5.02 Å². The highest BCUT2D eigenvalue weighted by Crippen LogP contribution is 2.43. The predicted octanol–water partition coefficient (Wildman–Crippen LogP) is 4.88. The highest BCUT2D eigenvalue weighted by molar-refractivity contribution is 6.30. The van der Waals surface area contributed by atoms with Crippen molar-refractivity contribution in [1.29, 1.82) is 0 Å². The maximum absolute atomic E-state index is 12.1. The zero-order valence-corrected chi connectivity index (χ0v) is 15.0. The molecular weight excluding hydrogens is 332 g/mol. The maximum atomic E-state index is 12.1. The normalized spacial score (nSPS) is 19.8. The highest BCUT2D eigenvalue weighted by Gasteiger charge is 2.29. The molecule has 130 valence electrons. The summed E-state index contributed by atoms with van der Waals surface area (Å²) in [5.74, 6) is 1.02. The quantitative estimate of drug-likeness (QED) is 0.751. The fourth-order valence-electron chi connectivity index (χ4n) is 3.48. The number of hydrogen-bond acceptors (Lipinski definition) is 2. The molecule has 0 aliphatic heterocycles. The van der Waals surface area contributed by atoms with Gasteiger partial charge in [0, 0.05) is 30.4 Å². The zero-order chi connectivity index (χ0) is 17.6. The van der Waals surface area contributed by atoms with Crippen molar-refractivity contribution in [3.8, 4) is 0 Å². The molecule has 1 heterocycles. The molecule has 0 radical (unpaired) electrons. The molecule has 0 bridgehead atoms. The van der Waals surface area contributed by atoms with E-state index in [1.54, 1.807) is 12.4 Å². The van der Waals surface area contributed by atoms with E-state index in [1.807, 2.05) is 24.3 Å². The Balaban J connectivity index is 1.46. The first-order valence-electron chi connectivity index (χ1n) is 8.70. The largest absolute Gasteiger partial charge is 0.352 e. The van der Waals surface area contributed by atoms with E-state index in [0.29, 0.717) is 24.8 Å². The Labute approximate surface area is 154 Å². The van der Waals surface area contributed by atoms with Gasteiger partial charge in [-0.2, -0.15) is 0 Å². The Bertz CT molecular complexity index is 727. The molecule has 1 aromatic carbocycles. The first-order chi connectivity index (χ1) is 12.1. The van der Waals surface area contributed by atoms with E-state index < -0.39 is 0 Å². The number of carbonyl (C=O) groups is 1. The topological polar surface area (TPSA) is 42.0 Å². The fraction of sp³-hybridized carbons (Fsp3) is 0.333. The first kappa shape index (κ1) is 17.7. The van der Waals surface area contributed by atoms with Crippen LogP contribution in [0.3, 0.4) is 0 Å². The lowest BCUT2D eigenvalue weighted by Gasteiger charge is -2.12. The monoisotopic (exact) mass is 354 g/mol. The van der Waals surface area contributed by atoms with Crippen LogP contribution in [-0.4, -0.2) is 10.9 Å². The van der Waals surface area contributed by atoms with E-state index >= 15 is 0 Å². The van der Waals surface area contributed by atoms with Gasteiger partial charge in [0.1, 0.15) is 0 Å². The third kappa shape index (κ3) is 4.93. The summed E-state index contributed by atoms with van der Waals surface area (Å²) >= 11 is 5.97. The third-order valence-corrected chi connectivity index (χ3v) is 5.21. The van der Waals surface area contributed by atoms with Gasteiger partial charge in [-0.05, 0) is 66.5 Å². The van der Waals surface area contributed by atoms with Crippen LogP contribution < -0.4 is 5.32 Å². The van der Waals surface area contributed by atoms with Crippen molar-refractivity contribution in [1.82, 2.24) is 10.3 Å². The zero-order valence-electron chi connectivity index (χ0n) is 14.2. The number of benzene rings is 1. The molecule has 1 amide bonds. The van der Waals surface area contributed by atoms with Gasteiger partial charge in [-0.1, -0.05) is 35.9 Å². The molecule has 1 aliphatic rings. The molecule has 2 aromatic rings. The van der Waals surface area contributed by atoms with Crippen molar-refractivity contribution in [3.63, 3.8) is 0 Å². The Kier molecular flexibility index (Phi) is 5.87. The number of carbonyl (C=O) groups excluding carboxylic acids is 1. The summed E-state index contributed by atoms with van der Waals surface area (Å²) in [6.45, 7) is 4.79. The first-order valence-corrected chi connectivity index (χ1v) is 9.08. The summed E-state index contributed by atoms with van der Waals surface area (Å²) in [5.41, 5.74) is 3.65. The summed E-state index contributed by atoms with van der Waals surface area (Å²) in [6, 6.07) is 11.9. The maximum Gasteiger partial charge on any atom is 0.220 e. The second kappa shape index (κ2) is 8.30. The number of halogens is 1. The third-order valence-electron chi connectivity index (χ3n) is 4.96. The lowest BCUT2D eigenvalue weighted by Crippen LogP contribution is -2.23. The number of nitrogens with zero attached hydrogens (tertiary/aromatic N) is 1. The van der Waals surface area contributed by atoms with E-state index in [4.69, 9.17) is 11.6 Å². The summed E-state index contributed by atoms with van der Waals surface area (Å²) < 4.78 is 0. The van der Waals surface area contributed by atoms with Gasteiger partial charge in [-0.15, -0.1) is 0 Å². The molecule has 0 spiro atoms. The second-order valence-electron chi connectivity index (χ2n) is 6.71. The molecule has 1 aliphatic carbocycles. The standard InChI is InChI=1S/C21H23ClN2O/c1-15-12-19(17-2-5-20(22)6-3-17)13-18(15)4-7-21(25)24-14-16-8-10-23-11-9-16/h2-3,5-6,8-11,18-19H,1,4,7,12-14H2,(H,24,25). The number of hydrogen-bond donors (Lipinski definition) is 1. The summed E-state index contributed by atoms with van der Waals surface area (Å²) in [6.07, 6.45) is 6.96. The highest BCUT2D eigenvalue weighted by atomic mass is 35.5. The Morgan fingerprint density at radius 2 is 1.92 bits per heavy atom. The smallest absolute Gasteiger partial charge is 0.220 e. The average Bonchev–Trinajstić information content (AvgIpc) is 3.00. The van der Waals surface area contributed by atoms with Gasteiger partial charge in [0.05, 0.1) is 0 Å². The molecule has 25 heavy (non-hydrogen) atoms. The Morgan fingerprint density at radius 1 is 1.20 bits per heavy atom. The van der Waals surface area contributed by atoms with Crippen LogP contribution in [0.15, 0.2) is 60.9 Å².